The third-order valence-electron chi connectivity index (χ3n) is 2.57. The van der Waals surface area contributed by atoms with Crippen molar-refractivity contribution in [3.05, 3.63) is 46.2 Å². The minimum Gasteiger partial charge on any atom is -0.491 e. The lowest BCUT2D eigenvalue weighted by molar-refractivity contribution is 0.242. The van der Waals surface area contributed by atoms with Gasteiger partial charge in [0.25, 0.3) is 5.56 Å². The van der Waals surface area contributed by atoms with Gasteiger partial charge in [0.2, 0.25) is 0 Å². The Labute approximate surface area is 110 Å². The molecule has 19 heavy (non-hydrogen) atoms. The lowest BCUT2D eigenvalue weighted by Crippen LogP contribution is -2.14. The number of aliphatic hydroxyl groups excluding tert-OH is 1. The van der Waals surface area contributed by atoms with Crippen molar-refractivity contribution in [1.82, 2.24) is 10.2 Å². The molecule has 0 aliphatic rings. The quantitative estimate of drug-likeness (QED) is 0.877. The first kappa shape index (κ1) is 13.3. The molecular weight excluding hydrogens is 244 g/mol. The molecule has 1 heterocycles. The van der Waals surface area contributed by atoms with Crippen molar-refractivity contribution in [2.45, 2.75) is 26.6 Å². The smallest absolute Gasteiger partial charge is 0.269 e. The van der Waals surface area contributed by atoms with Crippen molar-refractivity contribution < 1.29 is 9.84 Å². The van der Waals surface area contributed by atoms with Gasteiger partial charge in [-0.2, -0.15) is 5.10 Å². The van der Waals surface area contributed by atoms with Gasteiger partial charge < -0.3 is 9.84 Å². The van der Waals surface area contributed by atoms with Gasteiger partial charge in [-0.25, -0.2) is 5.10 Å². The van der Waals surface area contributed by atoms with E-state index in [2.05, 4.69) is 10.2 Å². The summed E-state index contributed by atoms with van der Waals surface area (Å²) in [4.78, 5) is 11.3. The molecular formula is C14H16N2O3. The molecule has 2 aromatic rings. The molecule has 5 nitrogen and oxygen atoms in total. The molecule has 0 fully saturated rings. The highest BCUT2D eigenvalue weighted by Gasteiger charge is 2.05. The summed E-state index contributed by atoms with van der Waals surface area (Å²) in [6, 6.07) is 9.00. The van der Waals surface area contributed by atoms with Gasteiger partial charge in [-0.3, -0.25) is 4.79 Å². The molecule has 0 bridgehead atoms. The number of H-pyrrole nitrogens is 1. The third-order valence-corrected chi connectivity index (χ3v) is 2.57. The molecule has 0 unspecified atom stereocenters. The Morgan fingerprint density at radius 2 is 2.00 bits per heavy atom. The van der Waals surface area contributed by atoms with E-state index in [1.54, 1.807) is 6.07 Å². The largest absolute Gasteiger partial charge is 0.491 e. The van der Waals surface area contributed by atoms with E-state index in [0.29, 0.717) is 11.3 Å². The molecule has 0 saturated carbocycles. The van der Waals surface area contributed by atoms with Crippen LogP contribution in [0.1, 0.15) is 19.4 Å². The number of hydrogen-bond donors (Lipinski definition) is 2. The number of aromatic amines is 1. The maximum absolute atomic E-state index is 11.3. The molecule has 100 valence electrons. The third kappa shape index (κ3) is 3.20. The predicted molar refractivity (Wildman–Crippen MR) is 72.0 cm³/mol. The normalized spacial score (nSPS) is 10.7. The Hall–Kier alpha value is -2.14. The van der Waals surface area contributed by atoms with E-state index in [1.165, 1.54) is 0 Å². The van der Waals surface area contributed by atoms with Crippen LogP contribution in [0.25, 0.3) is 11.3 Å². The monoisotopic (exact) mass is 260 g/mol. The molecule has 2 N–H and O–H groups in total. The SMILES string of the molecule is CC(C)Oc1ccc(-c2cc(CO)c(=O)[nH]n2)cc1. The summed E-state index contributed by atoms with van der Waals surface area (Å²) in [5, 5.41) is 15.4. The summed E-state index contributed by atoms with van der Waals surface area (Å²) in [6.07, 6.45) is 0.123. The molecule has 0 aliphatic heterocycles. The van der Waals surface area contributed by atoms with Crippen LogP contribution >= 0.6 is 0 Å². The van der Waals surface area contributed by atoms with Crippen molar-refractivity contribution >= 4 is 0 Å². The fraction of sp³-hybridized carbons (Fsp3) is 0.286. The number of rotatable bonds is 4. The van der Waals surface area contributed by atoms with Crippen LogP contribution in [0.2, 0.25) is 0 Å². The fourth-order valence-electron chi connectivity index (χ4n) is 1.69. The summed E-state index contributed by atoms with van der Waals surface area (Å²) >= 11 is 0. The van der Waals surface area contributed by atoms with E-state index in [1.807, 2.05) is 38.1 Å². The summed E-state index contributed by atoms with van der Waals surface area (Å²) in [5.41, 5.74) is 1.39. The molecule has 0 atom stereocenters. The Morgan fingerprint density at radius 1 is 1.32 bits per heavy atom. The first-order chi connectivity index (χ1) is 9.10. The first-order valence-corrected chi connectivity index (χ1v) is 6.06. The van der Waals surface area contributed by atoms with Gasteiger partial charge in [0.05, 0.1) is 18.4 Å². The van der Waals surface area contributed by atoms with Crippen molar-refractivity contribution in [3.8, 4) is 17.0 Å². The van der Waals surface area contributed by atoms with Crippen LogP contribution in [0.3, 0.4) is 0 Å². The number of nitrogens with zero attached hydrogens (tertiary/aromatic N) is 1. The minimum atomic E-state index is -0.369. The fourth-order valence-corrected chi connectivity index (χ4v) is 1.69. The number of benzene rings is 1. The molecule has 5 heteroatoms. The second kappa shape index (κ2) is 5.67. The Morgan fingerprint density at radius 3 is 2.58 bits per heavy atom. The Balaban J connectivity index is 2.29. The van der Waals surface area contributed by atoms with Crippen LogP contribution in [0, 0.1) is 0 Å². The van der Waals surface area contributed by atoms with Gasteiger partial charge in [-0.15, -0.1) is 0 Å². The van der Waals surface area contributed by atoms with Gasteiger partial charge >= 0.3 is 0 Å². The zero-order chi connectivity index (χ0) is 13.8. The van der Waals surface area contributed by atoms with Crippen LogP contribution in [0.15, 0.2) is 35.1 Å². The van der Waals surface area contributed by atoms with Crippen LogP contribution in [0.4, 0.5) is 0 Å². The van der Waals surface area contributed by atoms with Crippen LogP contribution < -0.4 is 10.3 Å². The average molecular weight is 260 g/mol. The van der Waals surface area contributed by atoms with Crippen molar-refractivity contribution in [3.63, 3.8) is 0 Å². The van der Waals surface area contributed by atoms with E-state index in [-0.39, 0.29) is 18.3 Å². The number of aromatic nitrogens is 2. The molecule has 1 aromatic carbocycles. The van der Waals surface area contributed by atoms with E-state index in [9.17, 15) is 4.79 Å². The van der Waals surface area contributed by atoms with E-state index in [4.69, 9.17) is 9.84 Å². The van der Waals surface area contributed by atoms with Gasteiger partial charge in [-0.05, 0) is 44.2 Å². The first-order valence-electron chi connectivity index (χ1n) is 6.06. The van der Waals surface area contributed by atoms with Crippen molar-refractivity contribution in [2.24, 2.45) is 0 Å². The van der Waals surface area contributed by atoms with Crippen LogP contribution in [-0.2, 0) is 6.61 Å². The molecule has 0 radical (unpaired) electrons. The van der Waals surface area contributed by atoms with Crippen molar-refractivity contribution in [1.29, 1.82) is 0 Å². The van der Waals surface area contributed by atoms with E-state index >= 15 is 0 Å². The highest BCUT2D eigenvalue weighted by Crippen LogP contribution is 2.21. The molecule has 0 aliphatic carbocycles. The summed E-state index contributed by atoms with van der Waals surface area (Å²) < 4.78 is 5.55. The van der Waals surface area contributed by atoms with Gasteiger partial charge in [0.15, 0.2) is 0 Å². The number of hydrogen-bond acceptors (Lipinski definition) is 4. The molecule has 0 amide bonds. The zero-order valence-electron chi connectivity index (χ0n) is 10.9. The van der Waals surface area contributed by atoms with Crippen LogP contribution in [0.5, 0.6) is 5.75 Å². The number of nitrogens with one attached hydrogen (secondary N) is 1. The van der Waals surface area contributed by atoms with Crippen molar-refractivity contribution in [2.75, 3.05) is 0 Å². The summed E-state index contributed by atoms with van der Waals surface area (Å²) in [7, 11) is 0. The standard InChI is InChI=1S/C14H16N2O3/c1-9(2)19-12-5-3-10(4-6-12)13-7-11(8-17)14(18)16-15-13/h3-7,9,17H,8H2,1-2H3,(H,16,18). The highest BCUT2D eigenvalue weighted by atomic mass is 16.5. The Bertz CT molecular complexity index is 603. The molecule has 0 saturated heterocycles. The zero-order valence-corrected chi connectivity index (χ0v) is 10.9. The average Bonchev–Trinajstić information content (AvgIpc) is 2.40. The summed E-state index contributed by atoms with van der Waals surface area (Å²) in [5.74, 6) is 0.783. The minimum absolute atomic E-state index is 0.123. The summed E-state index contributed by atoms with van der Waals surface area (Å²) in [6.45, 7) is 3.62. The lowest BCUT2D eigenvalue weighted by atomic mass is 10.1. The van der Waals surface area contributed by atoms with Gasteiger partial charge in [-0.1, -0.05) is 0 Å². The van der Waals surface area contributed by atoms with E-state index in [0.717, 1.165) is 11.3 Å². The van der Waals surface area contributed by atoms with E-state index < -0.39 is 0 Å². The highest BCUT2D eigenvalue weighted by molar-refractivity contribution is 5.60. The second-order valence-electron chi connectivity index (χ2n) is 4.46. The maximum Gasteiger partial charge on any atom is 0.269 e. The molecule has 1 aromatic heterocycles. The van der Waals surface area contributed by atoms with Crippen LogP contribution in [-0.4, -0.2) is 21.4 Å². The number of aliphatic hydroxyl groups is 1. The second-order valence-corrected chi connectivity index (χ2v) is 4.46. The van der Waals surface area contributed by atoms with Gasteiger partial charge in [0.1, 0.15) is 5.75 Å². The van der Waals surface area contributed by atoms with Gasteiger partial charge in [0, 0.05) is 11.1 Å². The lowest BCUT2D eigenvalue weighted by Gasteiger charge is -2.10. The predicted octanol–water partition coefficient (Wildman–Crippen LogP) is 1.72. The molecule has 0 spiro atoms. The number of ether oxygens (including phenoxy) is 1. The topological polar surface area (TPSA) is 75.2 Å². The molecule has 2 rings (SSSR count). The maximum atomic E-state index is 11.3. The Kier molecular flexibility index (Phi) is 3.97.